The molecule has 0 spiro atoms. The maximum atomic E-state index is 6.53. The van der Waals surface area contributed by atoms with E-state index in [-0.39, 0.29) is 0 Å². The Kier molecular flexibility index (Phi) is 5.41. The van der Waals surface area contributed by atoms with Gasteiger partial charge >= 0.3 is 0 Å². The third kappa shape index (κ3) is 3.81. The Labute approximate surface area is 295 Å². The SMILES string of the molecule is c1ccc2c(c1)oc1cc(-c3c4ccccc4c(-c4ccc5oc6cc7ccc8c9ccccc9sc8c7cc6c5c4)c4ccccc34)ccc12. The summed E-state index contributed by atoms with van der Waals surface area (Å²) in [6.45, 7) is 0. The average molecular weight is 667 g/mol. The molecule has 2 nitrogen and oxygen atoms in total. The highest BCUT2D eigenvalue weighted by atomic mass is 32.1. The maximum Gasteiger partial charge on any atom is 0.136 e. The maximum absolute atomic E-state index is 6.53. The van der Waals surface area contributed by atoms with Crippen LogP contribution in [0, 0.1) is 0 Å². The zero-order valence-corrected chi connectivity index (χ0v) is 28.1. The van der Waals surface area contributed by atoms with Crippen molar-refractivity contribution < 1.29 is 8.83 Å². The molecular formula is C48H26O2S. The fourth-order valence-electron chi connectivity index (χ4n) is 8.56. The van der Waals surface area contributed by atoms with Crippen molar-refractivity contribution in [3.8, 4) is 22.3 Å². The van der Waals surface area contributed by atoms with Crippen molar-refractivity contribution in [3.63, 3.8) is 0 Å². The standard InChI is InChI=1S/C48H26O2S/c1-3-13-35-33(11-1)46(34-12-2-4-14-36(34)47(35)29-18-20-31-30-9-5-7-15-41(30)49-43(31)25-29)28-19-22-42-39(23-28)40-26-38-27(24-44(40)50-42)17-21-37-32-10-6-8-16-45(32)51-48(37)38/h1-26H. The summed E-state index contributed by atoms with van der Waals surface area (Å²) in [6.07, 6.45) is 0. The second kappa shape index (κ2) is 10.1. The van der Waals surface area contributed by atoms with Crippen LogP contribution in [0.3, 0.4) is 0 Å². The van der Waals surface area contributed by atoms with Crippen LogP contribution in [0.25, 0.3) is 119 Å². The van der Waals surface area contributed by atoms with Crippen molar-refractivity contribution in [2.24, 2.45) is 0 Å². The normalized spacial score (nSPS) is 12.3. The van der Waals surface area contributed by atoms with E-state index in [1.807, 2.05) is 23.5 Å². The highest BCUT2D eigenvalue weighted by molar-refractivity contribution is 7.26. The molecule has 3 aromatic heterocycles. The van der Waals surface area contributed by atoms with E-state index in [1.165, 1.54) is 69.2 Å². The minimum Gasteiger partial charge on any atom is -0.456 e. The Hall–Kier alpha value is -6.42. The fraction of sp³-hybridized carbons (Fsp3) is 0. The van der Waals surface area contributed by atoms with Crippen LogP contribution in [0.15, 0.2) is 167 Å². The molecule has 0 radical (unpaired) electrons. The first-order chi connectivity index (χ1) is 25.3. The first-order valence-electron chi connectivity index (χ1n) is 17.3. The second-order valence-electron chi connectivity index (χ2n) is 13.6. The van der Waals surface area contributed by atoms with Crippen LogP contribution >= 0.6 is 11.3 Å². The van der Waals surface area contributed by atoms with E-state index in [0.29, 0.717) is 0 Å². The van der Waals surface area contributed by atoms with Gasteiger partial charge in [-0.3, -0.25) is 0 Å². The van der Waals surface area contributed by atoms with Gasteiger partial charge in [0.1, 0.15) is 22.3 Å². The monoisotopic (exact) mass is 666 g/mol. The number of furan rings is 2. The molecule has 3 heterocycles. The highest BCUT2D eigenvalue weighted by Gasteiger charge is 2.19. The quantitative estimate of drug-likeness (QED) is 0.172. The van der Waals surface area contributed by atoms with E-state index in [2.05, 4.69) is 146 Å². The third-order valence-electron chi connectivity index (χ3n) is 10.8. The van der Waals surface area contributed by atoms with Crippen LogP contribution in [0.5, 0.6) is 0 Å². The topological polar surface area (TPSA) is 26.3 Å². The molecule has 12 aromatic rings. The number of hydrogen-bond acceptors (Lipinski definition) is 3. The van der Waals surface area contributed by atoms with Crippen molar-refractivity contribution in [2.75, 3.05) is 0 Å². The van der Waals surface area contributed by atoms with E-state index >= 15 is 0 Å². The van der Waals surface area contributed by atoms with E-state index in [9.17, 15) is 0 Å². The Bertz CT molecular complexity index is 3370. The number of thiophene rings is 1. The number of hydrogen-bond donors (Lipinski definition) is 0. The molecule has 0 saturated heterocycles. The Morgan fingerprint density at radius 3 is 1.59 bits per heavy atom. The van der Waals surface area contributed by atoms with E-state index in [0.717, 1.165) is 49.4 Å². The summed E-state index contributed by atoms with van der Waals surface area (Å²) in [5.41, 5.74) is 8.43. The average Bonchev–Trinajstić information content (AvgIpc) is 3.86. The van der Waals surface area contributed by atoms with E-state index in [4.69, 9.17) is 8.83 Å². The molecule has 0 aliphatic heterocycles. The molecule has 0 N–H and O–H groups in total. The van der Waals surface area contributed by atoms with Gasteiger partial charge in [-0.15, -0.1) is 11.3 Å². The van der Waals surface area contributed by atoms with Crippen LogP contribution in [0.2, 0.25) is 0 Å². The minimum absolute atomic E-state index is 0.904. The van der Waals surface area contributed by atoms with Gasteiger partial charge in [0.15, 0.2) is 0 Å². The summed E-state index contributed by atoms with van der Waals surface area (Å²) in [7, 11) is 0. The molecule has 51 heavy (non-hydrogen) atoms. The number of rotatable bonds is 2. The third-order valence-corrected chi connectivity index (χ3v) is 12.1. The van der Waals surface area contributed by atoms with Crippen molar-refractivity contribution >= 4 is 108 Å². The van der Waals surface area contributed by atoms with Crippen LogP contribution in [0.1, 0.15) is 0 Å². The summed E-state index contributed by atoms with van der Waals surface area (Å²) in [6, 6.07) is 57.1. The lowest BCUT2D eigenvalue weighted by Crippen LogP contribution is -1.90. The Balaban J connectivity index is 1.12. The van der Waals surface area contributed by atoms with Gasteiger partial charge in [-0.2, -0.15) is 0 Å². The lowest BCUT2D eigenvalue weighted by atomic mass is 9.85. The molecule has 0 aliphatic carbocycles. The zero-order valence-electron chi connectivity index (χ0n) is 27.2. The first-order valence-corrected chi connectivity index (χ1v) is 18.1. The van der Waals surface area contributed by atoms with Gasteiger partial charge < -0.3 is 8.83 Å². The van der Waals surface area contributed by atoms with Gasteiger partial charge in [0.05, 0.1) is 0 Å². The van der Waals surface area contributed by atoms with Gasteiger partial charge in [-0.05, 0) is 97.7 Å². The summed E-state index contributed by atoms with van der Waals surface area (Å²) in [5, 5.41) is 14.6. The van der Waals surface area contributed by atoms with Gasteiger partial charge in [0.25, 0.3) is 0 Å². The zero-order chi connectivity index (χ0) is 33.2. The first kappa shape index (κ1) is 27.4. The highest BCUT2D eigenvalue weighted by Crippen LogP contribution is 2.46. The minimum atomic E-state index is 0.904. The smallest absolute Gasteiger partial charge is 0.136 e. The molecule has 0 unspecified atom stereocenters. The molecule has 0 saturated carbocycles. The molecule has 236 valence electrons. The summed E-state index contributed by atoms with van der Waals surface area (Å²) in [5.74, 6) is 0. The van der Waals surface area contributed by atoms with Gasteiger partial charge in [-0.25, -0.2) is 0 Å². The van der Waals surface area contributed by atoms with E-state index in [1.54, 1.807) is 0 Å². The summed E-state index contributed by atoms with van der Waals surface area (Å²) >= 11 is 1.87. The number of benzene rings is 9. The van der Waals surface area contributed by atoms with Gasteiger partial charge in [-0.1, -0.05) is 109 Å². The number of fused-ring (bicyclic) bond motifs is 13. The van der Waals surface area contributed by atoms with Gasteiger partial charge in [0, 0.05) is 47.1 Å². The largest absolute Gasteiger partial charge is 0.456 e. The summed E-state index contributed by atoms with van der Waals surface area (Å²) in [4.78, 5) is 0. The predicted molar refractivity (Wildman–Crippen MR) is 217 cm³/mol. The lowest BCUT2D eigenvalue weighted by Gasteiger charge is -2.17. The van der Waals surface area contributed by atoms with E-state index < -0.39 is 0 Å². The lowest BCUT2D eigenvalue weighted by molar-refractivity contribution is 0.669. The molecule has 0 aliphatic rings. The molecule has 0 atom stereocenters. The Morgan fingerprint density at radius 2 is 0.843 bits per heavy atom. The molecule has 0 fully saturated rings. The second-order valence-corrected chi connectivity index (χ2v) is 14.6. The van der Waals surface area contributed by atoms with Crippen molar-refractivity contribution in [2.45, 2.75) is 0 Å². The molecule has 0 bridgehead atoms. The number of para-hydroxylation sites is 1. The van der Waals surface area contributed by atoms with Crippen LogP contribution in [-0.4, -0.2) is 0 Å². The molecule has 0 amide bonds. The van der Waals surface area contributed by atoms with Crippen LogP contribution in [0.4, 0.5) is 0 Å². The Morgan fingerprint density at radius 1 is 0.314 bits per heavy atom. The summed E-state index contributed by atoms with van der Waals surface area (Å²) < 4.78 is 15.5. The molecule has 12 rings (SSSR count). The molecule has 3 heteroatoms. The van der Waals surface area contributed by atoms with Crippen LogP contribution < -0.4 is 0 Å². The molecule has 9 aromatic carbocycles. The van der Waals surface area contributed by atoms with Crippen molar-refractivity contribution in [1.82, 2.24) is 0 Å². The predicted octanol–water partition coefficient (Wildman–Crippen LogP) is 14.6. The fourth-order valence-corrected chi connectivity index (χ4v) is 9.79. The van der Waals surface area contributed by atoms with Gasteiger partial charge in [0.2, 0.25) is 0 Å². The van der Waals surface area contributed by atoms with Crippen molar-refractivity contribution in [3.05, 3.63) is 158 Å². The molecular weight excluding hydrogens is 641 g/mol. The van der Waals surface area contributed by atoms with Crippen molar-refractivity contribution in [1.29, 1.82) is 0 Å². The van der Waals surface area contributed by atoms with Crippen LogP contribution in [-0.2, 0) is 0 Å².